The maximum Gasteiger partial charge on any atom is 0.0619 e. The van der Waals surface area contributed by atoms with Crippen molar-refractivity contribution in [1.82, 2.24) is 4.57 Å². The van der Waals surface area contributed by atoms with E-state index in [0.29, 0.717) is 0 Å². The quantitative estimate of drug-likeness (QED) is 0.198. The molecule has 0 aliphatic rings. The van der Waals surface area contributed by atoms with Crippen LogP contribution in [0.4, 0.5) is 11.4 Å². The van der Waals surface area contributed by atoms with Gasteiger partial charge >= 0.3 is 0 Å². The number of para-hydroxylation sites is 1. The Balaban J connectivity index is 1.03. The highest BCUT2D eigenvalue weighted by molar-refractivity contribution is 6.18. The van der Waals surface area contributed by atoms with Crippen molar-refractivity contribution in [3.63, 3.8) is 0 Å². The molecule has 0 radical (unpaired) electrons. The van der Waals surface area contributed by atoms with E-state index in [4.69, 9.17) is 0 Å². The van der Waals surface area contributed by atoms with Crippen LogP contribution >= 0.6 is 0 Å². The van der Waals surface area contributed by atoms with Crippen molar-refractivity contribution < 1.29 is 0 Å². The summed E-state index contributed by atoms with van der Waals surface area (Å²) < 4.78 is 2.42. The molecule has 1 N–H and O–H groups in total. The lowest BCUT2D eigenvalue weighted by atomic mass is 9.94. The Morgan fingerprint density at radius 2 is 0.854 bits per heavy atom. The van der Waals surface area contributed by atoms with Gasteiger partial charge in [-0.15, -0.1) is 0 Å². The van der Waals surface area contributed by atoms with Crippen molar-refractivity contribution in [2.24, 2.45) is 0 Å². The summed E-state index contributed by atoms with van der Waals surface area (Å²) in [4.78, 5) is 0. The van der Waals surface area contributed by atoms with Crippen molar-refractivity contribution in [1.29, 1.82) is 0 Å². The van der Waals surface area contributed by atoms with E-state index in [2.05, 4.69) is 192 Å². The van der Waals surface area contributed by atoms with Gasteiger partial charge in [0.1, 0.15) is 0 Å². The molecular weight excluding hydrogens is 581 g/mol. The number of hydrogen-bond donors (Lipinski definition) is 1. The van der Waals surface area contributed by atoms with Crippen LogP contribution in [0.3, 0.4) is 0 Å². The summed E-state index contributed by atoms with van der Waals surface area (Å²) in [6.07, 6.45) is 0. The molecule has 0 spiro atoms. The number of anilines is 2. The van der Waals surface area contributed by atoms with Crippen molar-refractivity contribution in [2.75, 3.05) is 5.32 Å². The number of nitrogens with zero attached hydrogens (tertiary/aromatic N) is 1. The van der Waals surface area contributed by atoms with Crippen LogP contribution in [0.5, 0.6) is 0 Å². The van der Waals surface area contributed by atoms with E-state index in [9.17, 15) is 0 Å². The standard InChI is InChI=1S/C46H32N2/c1-2-10-32(11-3-1)33-18-25-37(26-19-33)47-38-27-20-35(21-28-38)40-13-6-7-14-41(40)36-22-29-39(30-23-36)48-45-17-9-8-16-43(45)44-31-24-34-12-4-5-15-42(34)46(44)48/h1-31,47H. The number of fused-ring (bicyclic) bond motifs is 5. The predicted octanol–water partition coefficient (Wildman–Crippen LogP) is 12.7. The first kappa shape index (κ1) is 27.9. The molecule has 1 aromatic heterocycles. The van der Waals surface area contributed by atoms with Crippen LogP contribution in [0.1, 0.15) is 0 Å². The number of hydrogen-bond acceptors (Lipinski definition) is 1. The first-order valence-electron chi connectivity index (χ1n) is 16.4. The van der Waals surface area contributed by atoms with Crippen LogP contribution in [-0.2, 0) is 0 Å². The van der Waals surface area contributed by atoms with Crippen LogP contribution in [0.2, 0.25) is 0 Å². The fourth-order valence-electron chi connectivity index (χ4n) is 7.05. The summed E-state index contributed by atoms with van der Waals surface area (Å²) >= 11 is 0. The van der Waals surface area contributed by atoms with E-state index in [1.54, 1.807) is 0 Å². The molecule has 8 aromatic carbocycles. The number of benzene rings is 8. The van der Waals surface area contributed by atoms with Gasteiger partial charge in [0.2, 0.25) is 0 Å². The highest BCUT2D eigenvalue weighted by atomic mass is 15.0. The van der Waals surface area contributed by atoms with Gasteiger partial charge in [-0.2, -0.15) is 0 Å². The van der Waals surface area contributed by atoms with Crippen LogP contribution in [-0.4, -0.2) is 4.57 Å². The van der Waals surface area contributed by atoms with Gasteiger partial charge in [-0.05, 0) is 81.2 Å². The van der Waals surface area contributed by atoms with Gasteiger partial charge in [-0.1, -0.05) is 146 Å². The van der Waals surface area contributed by atoms with Crippen LogP contribution in [0, 0.1) is 0 Å². The zero-order valence-electron chi connectivity index (χ0n) is 26.3. The molecule has 0 aliphatic carbocycles. The predicted molar refractivity (Wildman–Crippen MR) is 204 cm³/mol. The number of nitrogens with one attached hydrogen (secondary N) is 1. The lowest BCUT2D eigenvalue weighted by Gasteiger charge is -2.14. The van der Waals surface area contributed by atoms with Gasteiger partial charge in [0.05, 0.1) is 11.0 Å². The van der Waals surface area contributed by atoms with Gasteiger partial charge in [-0.3, -0.25) is 0 Å². The van der Waals surface area contributed by atoms with E-state index in [1.807, 2.05) is 6.07 Å². The third-order valence-corrected chi connectivity index (χ3v) is 9.40. The average Bonchev–Trinajstić information content (AvgIpc) is 3.51. The highest BCUT2D eigenvalue weighted by Gasteiger charge is 2.15. The molecule has 0 amide bonds. The minimum absolute atomic E-state index is 1.06. The van der Waals surface area contributed by atoms with Crippen LogP contribution in [0.25, 0.3) is 71.6 Å². The van der Waals surface area contributed by atoms with Gasteiger partial charge in [0.15, 0.2) is 0 Å². The van der Waals surface area contributed by atoms with Crippen molar-refractivity contribution >= 4 is 44.0 Å². The van der Waals surface area contributed by atoms with Crippen molar-refractivity contribution in [3.8, 4) is 39.1 Å². The number of rotatable bonds is 6. The monoisotopic (exact) mass is 612 g/mol. The average molecular weight is 613 g/mol. The Bertz CT molecular complexity index is 2540. The maximum atomic E-state index is 3.56. The molecule has 48 heavy (non-hydrogen) atoms. The van der Waals surface area contributed by atoms with Crippen LogP contribution in [0.15, 0.2) is 188 Å². The van der Waals surface area contributed by atoms with Gasteiger partial charge < -0.3 is 9.88 Å². The van der Waals surface area contributed by atoms with E-state index in [0.717, 1.165) is 17.1 Å². The lowest BCUT2D eigenvalue weighted by Crippen LogP contribution is -1.95. The van der Waals surface area contributed by atoms with Gasteiger partial charge in [0.25, 0.3) is 0 Å². The summed E-state index contributed by atoms with van der Waals surface area (Å²) in [6.45, 7) is 0. The lowest BCUT2D eigenvalue weighted by molar-refractivity contribution is 1.19. The topological polar surface area (TPSA) is 17.0 Å². The van der Waals surface area contributed by atoms with Crippen LogP contribution < -0.4 is 5.32 Å². The smallest absolute Gasteiger partial charge is 0.0619 e. The summed E-state index contributed by atoms with van der Waals surface area (Å²) in [6, 6.07) is 67.4. The highest BCUT2D eigenvalue weighted by Crippen LogP contribution is 2.38. The Morgan fingerprint density at radius 3 is 1.54 bits per heavy atom. The molecule has 9 aromatic rings. The second-order valence-corrected chi connectivity index (χ2v) is 12.3. The van der Waals surface area contributed by atoms with Gasteiger partial charge in [-0.25, -0.2) is 0 Å². The zero-order valence-corrected chi connectivity index (χ0v) is 26.3. The molecule has 0 saturated carbocycles. The molecule has 1 heterocycles. The number of aromatic nitrogens is 1. The Morgan fingerprint density at radius 1 is 0.333 bits per heavy atom. The molecule has 0 unspecified atom stereocenters. The minimum Gasteiger partial charge on any atom is -0.356 e. The van der Waals surface area contributed by atoms with E-state index >= 15 is 0 Å². The van der Waals surface area contributed by atoms with Gasteiger partial charge in [0, 0.05) is 33.2 Å². The van der Waals surface area contributed by atoms with Crippen molar-refractivity contribution in [3.05, 3.63) is 188 Å². The molecule has 226 valence electrons. The summed E-state index contributed by atoms with van der Waals surface area (Å²) in [5, 5.41) is 8.63. The molecule has 9 rings (SSSR count). The van der Waals surface area contributed by atoms with E-state index in [1.165, 1.54) is 66.0 Å². The first-order valence-corrected chi connectivity index (χ1v) is 16.4. The fraction of sp³-hybridized carbons (Fsp3) is 0. The third-order valence-electron chi connectivity index (χ3n) is 9.40. The van der Waals surface area contributed by atoms with E-state index < -0.39 is 0 Å². The molecule has 0 atom stereocenters. The second-order valence-electron chi connectivity index (χ2n) is 12.3. The molecule has 0 aliphatic heterocycles. The molecule has 0 fully saturated rings. The Hall–Kier alpha value is -6.38. The van der Waals surface area contributed by atoms with E-state index in [-0.39, 0.29) is 0 Å². The zero-order chi connectivity index (χ0) is 31.9. The molecule has 0 bridgehead atoms. The normalized spacial score (nSPS) is 11.3. The molecule has 2 heteroatoms. The molecule has 2 nitrogen and oxygen atoms in total. The Kier molecular flexibility index (Phi) is 6.84. The minimum atomic E-state index is 1.06. The first-order chi connectivity index (χ1) is 23.8. The fourth-order valence-corrected chi connectivity index (χ4v) is 7.05. The maximum absolute atomic E-state index is 3.56. The molecular formula is C46H32N2. The SMILES string of the molecule is c1ccc(-c2ccc(Nc3ccc(-c4ccccc4-c4ccc(-n5c6ccccc6c6ccc7ccccc7c65)cc4)cc3)cc2)cc1. The summed E-state index contributed by atoms with van der Waals surface area (Å²) in [5.41, 5.74) is 13.0. The molecule has 0 saturated heterocycles. The van der Waals surface area contributed by atoms with Crippen molar-refractivity contribution in [2.45, 2.75) is 0 Å². The third kappa shape index (κ3) is 4.92. The largest absolute Gasteiger partial charge is 0.356 e. The summed E-state index contributed by atoms with van der Waals surface area (Å²) in [7, 11) is 0. The second kappa shape index (κ2) is 11.8. The summed E-state index contributed by atoms with van der Waals surface area (Å²) in [5.74, 6) is 0. The Labute approximate surface area is 280 Å².